The molecule has 2 heteroatoms. The third-order valence-corrected chi connectivity index (χ3v) is 3.12. The SMILES string of the molecule is CCCCCCCCCCC[O][Pr]. The van der Waals surface area contributed by atoms with Gasteiger partial charge in [-0.25, -0.2) is 0 Å². The summed E-state index contributed by atoms with van der Waals surface area (Å²) in [5.41, 5.74) is 0. The van der Waals surface area contributed by atoms with Gasteiger partial charge < -0.3 is 0 Å². The molecule has 0 unspecified atom stereocenters. The van der Waals surface area contributed by atoms with Gasteiger partial charge in [0.15, 0.2) is 0 Å². The second kappa shape index (κ2) is 13.3. The van der Waals surface area contributed by atoms with Crippen LogP contribution in [0.25, 0.3) is 0 Å². The Labute approximate surface area is 111 Å². The van der Waals surface area contributed by atoms with Crippen molar-refractivity contribution in [2.24, 2.45) is 0 Å². The molecule has 76 valence electrons. The van der Waals surface area contributed by atoms with Gasteiger partial charge >= 0.3 is 112 Å². The topological polar surface area (TPSA) is 9.23 Å². The Balaban J connectivity index is 2.76. The summed E-state index contributed by atoms with van der Waals surface area (Å²) in [4.78, 5) is 0. The first-order chi connectivity index (χ1) is 6.41. The van der Waals surface area contributed by atoms with Crippen LogP contribution in [0.15, 0.2) is 0 Å². The van der Waals surface area contributed by atoms with E-state index in [2.05, 4.69) is 6.92 Å². The molecule has 0 aliphatic heterocycles. The Morgan fingerprint density at radius 2 is 1.23 bits per heavy atom. The molecule has 0 radical (unpaired) electrons. The van der Waals surface area contributed by atoms with Gasteiger partial charge in [0.25, 0.3) is 0 Å². The van der Waals surface area contributed by atoms with Crippen molar-refractivity contribution in [1.29, 1.82) is 0 Å². The zero-order chi connectivity index (χ0) is 9.78. The van der Waals surface area contributed by atoms with Gasteiger partial charge in [-0.15, -0.1) is 0 Å². The maximum atomic E-state index is 5.17. The molecular formula is C11H23OPr. The van der Waals surface area contributed by atoms with Crippen molar-refractivity contribution < 1.29 is 40.8 Å². The molecule has 0 aromatic rings. The molecule has 13 heavy (non-hydrogen) atoms. The van der Waals surface area contributed by atoms with Crippen molar-refractivity contribution >= 4 is 0 Å². The summed E-state index contributed by atoms with van der Waals surface area (Å²) in [7, 11) is 0. The van der Waals surface area contributed by atoms with Crippen LogP contribution < -0.4 is 0 Å². The molecule has 0 aromatic heterocycles. The van der Waals surface area contributed by atoms with E-state index in [1.807, 2.05) is 0 Å². The summed E-state index contributed by atoms with van der Waals surface area (Å²) < 4.78 is 5.17. The van der Waals surface area contributed by atoms with Crippen LogP contribution in [0.2, 0.25) is 0 Å². The first-order valence-electron chi connectivity index (χ1n) is 5.73. The summed E-state index contributed by atoms with van der Waals surface area (Å²) in [6.07, 6.45) is 12.6. The number of hydrogen-bond acceptors (Lipinski definition) is 1. The molecule has 0 fully saturated rings. The van der Waals surface area contributed by atoms with Gasteiger partial charge in [-0.2, -0.15) is 0 Å². The Morgan fingerprint density at radius 3 is 1.69 bits per heavy atom. The van der Waals surface area contributed by atoms with Gasteiger partial charge in [-0.3, -0.25) is 0 Å². The van der Waals surface area contributed by atoms with Crippen molar-refractivity contribution in [3.8, 4) is 0 Å². The minimum atomic E-state index is 0.735. The Hall–Kier alpha value is 1.32. The molecule has 0 heterocycles. The Kier molecular flexibility index (Phi) is 14.7. The Morgan fingerprint density at radius 1 is 0.769 bits per heavy atom. The van der Waals surface area contributed by atoms with Gasteiger partial charge in [0.05, 0.1) is 0 Å². The van der Waals surface area contributed by atoms with Gasteiger partial charge in [-0.1, -0.05) is 0 Å². The van der Waals surface area contributed by atoms with Crippen molar-refractivity contribution in [1.82, 2.24) is 0 Å². The predicted molar refractivity (Wildman–Crippen MR) is 53.2 cm³/mol. The predicted octanol–water partition coefficient (Wildman–Crippen LogP) is 4.00. The van der Waals surface area contributed by atoms with E-state index in [4.69, 9.17) is 1.01 Å². The number of rotatable bonds is 10. The second-order valence-corrected chi connectivity index (χ2v) is 4.77. The summed E-state index contributed by atoms with van der Waals surface area (Å²) in [6.45, 7) is 3.29. The van der Waals surface area contributed by atoms with Crippen LogP contribution >= 0.6 is 0 Å². The molecule has 0 rings (SSSR count). The van der Waals surface area contributed by atoms with Crippen molar-refractivity contribution in [3.63, 3.8) is 0 Å². The molecule has 0 aliphatic carbocycles. The van der Waals surface area contributed by atoms with E-state index in [-0.39, 0.29) is 0 Å². The van der Waals surface area contributed by atoms with Crippen LogP contribution in [0.5, 0.6) is 0 Å². The standard InChI is InChI=1S/C11H23O.Pr/c1-2-3-4-5-6-7-8-9-10-11-12;/h2-11H2,1H3;/q-1;+1. The van der Waals surface area contributed by atoms with E-state index in [1.54, 1.807) is 0 Å². The second-order valence-electron chi connectivity index (χ2n) is 3.70. The van der Waals surface area contributed by atoms with E-state index < -0.39 is 0 Å². The van der Waals surface area contributed by atoms with Crippen molar-refractivity contribution in [2.45, 2.75) is 64.7 Å². The summed E-state index contributed by atoms with van der Waals surface area (Å²) in [5, 5.41) is 0. The molecule has 0 aliphatic rings. The van der Waals surface area contributed by atoms with Crippen LogP contribution in [-0.4, -0.2) is 6.61 Å². The zero-order valence-corrected chi connectivity index (χ0v) is 12.8. The van der Waals surface area contributed by atoms with Gasteiger partial charge in [0, 0.05) is 0 Å². The zero-order valence-electron chi connectivity index (χ0n) is 9.06. The summed E-state index contributed by atoms with van der Waals surface area (Å²) >= 11 is 0.735. The molecular weight excluding hydrogens is 289 g/mol. The first kappa shape index (κ1) is 14.3. The number of unbranched alkanes of at least 4 members (excludes halogenated alkanes) is 8. The van der Waals surface area contributed by atoms with Crippen LogP contribution in [0.3, 0.4) is 0 Å². The fourth-order valence-electron chi connectivity index (χ4n) is 1.50. The quantitative estimate of drug-likeness (QED) is 0.554. The average molecular weight is 312 g/mol. The van der Waals surface area contributed by atoms with E-state index >= 15 is 0 Å². The van der Waals surface area contributed by atoms with Crippen LogP contribution in [0.4, 0.5) is 0 Å². The van der Waals surface area contributed by atoms with Gasteiger partial charge in [0.1, 0.15) is 0 Å². The molecule has 0 saturated heterocycles. The van der Waals surface area contributed by atoms with Crippen LogP contribution in [0, 0.1) is 39.8 Å². The Bertz CT molecular complexity index is 76.2. The summed E-state index contributed by atoms with van der Waals surface area (Å²) in [6, 6.07) is 0. The average Bonchev–Trinajstić information content (AvgIpc) is 2.16. The molecule has 0 aromatic carbocycles. The van der Waals surface area contributed by atoms with Crippen LogP contribution in [-0.2, 0) is 1.01 Å². The molecule has 1 nitrogen and oxygen atoms in total. The number of hydrogen-bond donors (Lipinski definition) is 0. The summed E-state index contributed by atoms with van der Waals surface area (Å²) in [5.74, 6) is 0. The van der Waals surface area contributed by atoms with Gasteiger partial charge in [-0.05, 0) is 0 Å². The molecule has 0 N–H and O–H groups in total. The molecule has 0 amide bonds. The molecule has 0 atom stereocenters. The van der Waals surface area contributed by atoms with Gasteiger partial charge in [0.2, 0.25) is 0 Å². The first-order valence-corrected chi connectivity index (χ1v) is 7.24. The third-order valence-electron chi connectivity index (χ3n) is 2.37. The van der Waals surface area contributed by atoms with E-state index in [9.17, 15) is 0 Å². The van der Waals surface area contributed by atoms with E-state index in [0.717, 1.165) is 46.4 Å². The molecule has 0 bridgehead atoms. The molecule has 0 spiro atoms. The molecule has 0 saturated carbocycles. The van der Waals surface area contributed by atoms with Crippen molar-refractivity contribution in [2.75, 3.05) is 6.61 Å². The monoisotopic (exact) mass is 312 g/mol. The van der Waals surface area contributed by atoms with Crippen LogP contribution in [0.1, 0.15) is 64.7 Å². The normalized spacial score (nSPS) is 10.5. The maximum absolute atomic E-state index is 5.17. The fraction of sp³-hybridized carbons (Fsp3) is 1.00. The fourth-order valence-corrected chi connectivity index (χ4v) is 2.03. The minimum absolute atomic E-state index is 0.735. The van der Waals surface area contributed by atoms with E-state index in [0.29, 0.717) is 0 Å². The van der Waals surface area contributed by atoms with Crippen molar-refractivity contribution in [3.05, 3.63) is 0 Å². The van der Waals surface area contributed by atoms with E-state index in [1.165, 1.54) is 57.8 Å². The third kappa shape index (κ3) is 13.3.